The molecule has 0 fully saturated rings. The lowest BCUT2D eigenvalue weighted by molar-refractivity contribution is -0.137. The summed E-state index contributed by atoms with van der Waals surface area (Å²) in [6.07, 6.45) is -0.456. The van der Waals surface area contributed by atoms with E-state index in [2.05, 4.69) is 0 Å². The molecule has 1 N–H and O–H groups in total. The maximum Gasteiger partial charge on any atom is 0.416 e. The monoisotopic (exact) mass is 338 g/mol. The molecule has 0 aliphatic heterocycles. The van der Waals surface area contributed by atoms with Crippen molar-refractivity contribution in [3.05, 3.63) is 75.5 Å². The number of halogens is 3. The van der Waals surface area contributed by atoms with E-state index < -0.39 is 17.7 Å². The Bertz CT molecular complexity index is 753. The molecule has 0 saturated carbocycles. The normalized spacial score (nSPS) is 12.8. The summed E-state index contributed by atoms with van der Waals surface area (Å²) in [6, 6.07) is 8.57. The molecule has 0 unspecified atom stereocenters. The van der Waals surface area contributed by atoms with Crippen LogP contribution in [0.4, 0.5) is 13.2 Å². The predicted octanol–water partition coefficient (Wildman–Crippen LogP) is 5.15. The number of hydrogen-bond donors (Lipinski definition) is 1. The molecule has 23 heavy (non-hydrogen) atoms. The first-order valence-corrected chi connectivity index (χ1v) is 7.45. The summed E-state index contributed by atoms with van der Waals surface area (Å²) in [7, 11) is 0. The minimum atomic E-state index is -4.38. The van der Waals surface area contributed by atoms with Crippen molar-refractivity contribution >= 4 is 22.9 Å². The lowest BCUT2D eigenvalue weighted by Crippen LogP contribution is -2.04. The molecule has 0 radical (unpaired) electrons. The third-order valence-corrected chi connectivity index (χ3v) is 4.06. The van der Waals surface area contributed by atoms with Crippen molar-refractivity contribution in [1.82, 2.24) is 0 Å². The van der Waals surface area contributed by atoms with Crippen molar-refractivity contribution in [3.8, 4) is 0 Å². The van der Waals surface area contributed by atoms with Gasteiger partial charge in [0, 0.05) is 15.8 Å². The minimum Gasteiger partial charge on any atom is -0.478 e. The van der Waals surface area contributed by atoms with Crippen LogP contribution in [0.3, 0.4) is 0 Å². The predicted molar refractivity (Wildman–Crippen MR) is 84.4 cm³/mol. The van der Waals surface area contributed by atoms with Gasteiger partial charge in [-0.3, -0.25) is 0 Å². The molecule has 0 atom stereocenters. The number of aliphatic carboxylic acids is 1. The number of aryl methyl sites for hydroxylation is 1. The molecule has 1 heterocycles. The number of thiophene rings is 1. The van der Waals surface area contributed by atoms with Crippen LogP contribution in [-0.4, -0.2) is 11.1 Å². The molecule has 0 saturated heterocycles. The number of carboxylic acid groups (broad SMARTS) is 1. The highest BCUT2D eigenvalue weighted by atomic mass is 32.1. The van der Waals surface area contributed by atoms with Crippen molar-refractivity contribution in [2.75, 3.05) is 0 Å². The van der Waals surface area contributed by atoms with E-state index >= 15 is 0 Å². The molecule has 0 spiro atoms. The highest BCUT2D eigenvalue weighted by molar-refractivity contribution is 7.13. The summed E-state index contributed by atoms with van der Waals surface area (Å²) < 4.78 is 37.9. The van der Waals surface area contributed by atoms with Gasteiger partial charge in [-0.25, -0.2) is 4.79 Å². The first kappa shape index (κ1) is 17.0. The summed E-state index contributed by atoms with van der Waals surface area (Å²) in [5, 5.41) is 8.66. The van der Waals surface area contributed by atoms with E-state index in [4.69, 9.17) is 5.11 Å². The van der Waals surface area contributed by atoms with Crippen LogP contribution in [0.1, 0.15) is 20.9 Å². The fourth-order valence-corrected chi connectivity index (χ4v) is 2.88. The lowest BCUT2D eigenvalue weighted by Gasteiger charge is -2.09. The minimum absolute atomic E-state index is 0.592. The summed E-state index contributed by atoms with van der Waals surface area (Å²) in [4.78, 5) is 12.5. The Morgan fingerprint density at radius 3 is 2.26 bits per heavy atom. The molecule has 6 heteroatoms. The second-order valence-corrected chi connectivity index (χ2v) is 6.05. The molecule has 0 aliphatic carbocycles. The smallest absolute Gasteiger partial charge is 0.416 e. The zero-order chi connectivity index (χ0) is 17.0. The second-order valence-electron chi connectivity index (χ2n) is 4.76. The summed E-state index contributed by atoms with van der Waals surface area (Å²) in [6.45, 7) is 1.92. The third-order valence-electron chi connectivity index (χ3n) is 3.03. The van der Waals surface area contributed by atoms with Gasteiger partial charge in [0.05, 0.1) is 5.56 Å². The number of hydrogen-bond acceptors (Lipinski definition) is 2. The SMILES string of the molecule is Cc1ccc(/C(=C\C=C\C(=O)O)c2ccc(C(F)(F)F)cc2)s1. The fraction of sp³-hybridized carbons (Fsp3) is 0.118. The molecule has 0 amide bonds. The van der Waals surface area contributed by atoms with E-state index in [9.17, 15) is 18.0 Å². The van der Waals surface area contributed by atoms with Crippen LogP contribution in [0, 0.1) is 6.92 Å². The number of carboxylic acids is 1. The second kappa shape index (κ2) is 6.83. The molecule has 2 nitrogen and oxygen atoms in total. The zero-order valence-electron chi connectivity index (χ0n) is 12.1. The molecular formula is C17H13F3O2S. The molecule has 2 aromatic rings. The van der Waals surface area contributed by atoms with Crippen LogP contribution in [0.2, 0.25) is 0 Å². The molecule has 120 valence electrons. The van der Waals surface area contributed by atoms with Crippen LogP contribution in [0.25, 0.3) is 5.57 Å². The lowest BCUT2D eigenvalue weighted by atomic mass is 10.0. The van der Waals surface area contributed by atoms with E-state index in [0.29, 0.717) is 11.1 Å². The van der Waals surface area contributed by atoms with Gasteiger partial charge in [0.25, 0.3) is 0 Å². The largest absolute Gasteiger partial charge is 0.478 e. The van der Waals surface area contributed by atoms with Crippen molar-refractivity contribution in [2.24, 2.45) is 0 Å². The molecular weight excluding hydrogens is 325 g/mol. The van der Waals surface area contributed by atoms with Crippen LogP contribution in [0.15, 0.2) is 54.6 Å². The Labute approximate surface area is 135 Å². The van der Waals surface area contributed by atoms with E-state index in [0.717, 1.165) is 28.0 Å². The summed E-state index contributed by atoms with van der Waals surface area (Å²) >= 11 is 1.49. The van der Waals surface area contributed by atoms with Gasteiger partial charge in [0.15, 0.2) is 0 Å². The molecule has 0 aliphatic rings. The number of rotatable bonds is 4. The summed E-state index contributed by atoms with van der Waals surface area (Å²) in [5.74, 6) is -1.09. The molecule has 1 aromatic carbocycles. The maximum atomic E-state index is 12.6. The van der Waals surface area contributed by atoms with Crippen LogP contribution < -0.4 is 0 Å². The van der Waals surface area contributed by atoms with Gasteiger partial charge in [0.2, 0.25) is 0 Å². The number of allylic oxidation sites excluding steroid dienone is 2. The Morgan fingerprint density at radius 2 is 1.78 bits per heavy atom. The molecule has 1 aromatic heterocycles. The highest BCUT2D eigenvalue weighted by Crippen LogP contribution is 2.33. The average Bonchev–Trinajstić information content (AvgIpc) is 2.89. The van der Waals surface area contributed by atoms with E-state index in [1.165, 1.54) is 29.5 Å². The topological polar surface area (TPSA) is 37.3 Å². The maximum absolute atomic E-state index is 12.6. The molecule has 2 rings (SSSR count). The Morgan fingerprint density at radius 1 is 1.13 bits per heavy atom. The van der Waals surface area contributed by atoms with Crippen LogP contribution in [0.5, 0.6) is 0 Å². The van der Waals surface area contributed by atoms with Crippen molar-refractivity contribution in [1.29, 1.82) is 0 Å². The number of carbonyl (C=O) groups is 1. The van der Waals surface area contributed by atoms with Gasteiger partial charge in [-0.15, -0.1) is 11.3 Å². The first-order chi connectivity index (χ1) is 10.8. The van der Waals surface area contributed by atoms with Gasteiger partial charge in [-0.05, 0) is 42.3 Å². The van der Waals surface area contributed by atoms with Crippen molar-refractivity contribution < 1.29 is 23.1 Å². The van der Waals surface area contributed by atoms with Crippen LogP contribution in [-0.2, 0) is 11.0 Å². The Kier molecular flexibility index (Phi) is 5.05. The molecule has 0 bridgehead atoms. The van der Waals surface area contributed by atoms with E-state index in [1.54, 1.807) is 6.08 Å². The van der Waals surface area contributed by atoms with Crippen LogP contribution >= 0.6 is 11.3 Å². The summed E-state index contributed by atoms with van der Waals surface area (Å²) in [5.41, 5.74) is 0.549. The first-order valence-electron chi connectivity index (χ1n) is 6.63. The fourth-order valence-electron chi connectivity index (χ4n) is 1.97. The van der Waals surface area contributed by atoms with Gasteiger partial charge < -0.3 is 5.11 Å². The van der Waals surface area contributed by atoms with Gasteiger partial charge >= 0.3 is 12.1 Å². The van der Waals surface area contributed by atoms with E-state index in [-0.39, 0.29) is 0 Å². The van der Waals surface area contributed by atoms with Gasteiger partial charge in [-0.1, -0.05) is 24.3 Å². The Balaban J connectivity index is 2.43. The third kappa shape index (κ3) is 4.56. The quantitative estimate of drug-likeness (QED) is 0.618. The van der Waals surface area contributed by atoms with Gasteiger partial charge in [-0.2, -0.15) is 13.2 Å². The van der Waals surface area contributed by atoms with Gasteiger partial charge in [0.1, 0.15) is 0 Å². The average molecular weight is 338 g/mol. The highest BCUT2D eigenvalue weighted by Gasteiger charge is 2.30. The number of alkyl halides is 3. The number of benzene rings is 1. The zero-order valence-corrected chi connectivity index (χ0v) is 12.9. The standard InChI is InChI=1S/C17H13F3O2S/c1-11-5-10-15(23-11)14(3-2-4-16(21)22)12-6-8-13(9-7-12)17(18,19)20/h2-10H,1H3,(H,21,22)/b4-2+,14-3-. The van der Waals surface area contributed by atoms with Crippen molar-refractivity contribution in [2.45, 2.75) is 13.1 Å². The Hall–Kier alpha value is -2.34. The van der Waals surface area contributed by atoms with E-state index in [1.807, 2.05) is 19.1 Å². The van der Waals surface area contributed by atoms with Crippen molar-refractivity contribution in [3.63, 3.8) is 0 Å².